The van der Waals surface area contributed by atoms with Crippen LogP contribution in [0.4, 0.5) is 4.79 Å². The van der Waals surface area contributed by atoms with Crippen LogP contribution in [0.15, 0.2) is 48.5 Å². The molecule has 0 saturated heterocycles. The average Bonchev–Trinajstić information content (AvgIpc) is 3.16. The smallest absolute Gasteiger partial charge is 0.407 e. The Morgan fingerprint density at radius 2 is 1.54 bits per heavy atom. The van der Waals surface area contributed by atoms with Crippen LogP contribution in [0.2, 0.25) is 0 Å². The Kier molecular flexibility index (Phi) is 8.90. The number of alkyl carbamates (subject to hydrolysis) is 1. The first kappa shape index (κ1) is 26.3. The number of benzene rings is 2. The second-order valence-corrected chi connectivity index (χ2v) is 9.74. The number of hydrogen-bond acceptors (Lipinski definition) is 4. The van der Waals surface area contributed by atoms with Crippen LogP contribution in [-0.4, -0.2) is 42.3 Å². The predicted octanol–water partition coefficient (Wildman–Crippen LogP) is 4.80. The second kappa shape index (κ2) is 11.9. The lowest BCUT2D eigenvalue weighted by Crippen LogP contribution is -2.51. The maximum Gasteiger partial charge on any atom is 0.407 e. The van der Waals surface area contributed by atoms with Gasteiger partial charge in [-0.1, -0.05) is 82.6 Å². The van der Waals surface area contributed by atoms with Gasteiger partial charge in [-0.3, -0.25) is 9.59 Å². The van der Waals surface area contributed by atoms with E-state index >= 15 is 0 Å². The van der Waals surface area contributed by atoms with Gasteiger partial charge in [0.1, 0.15) is 12.6 Å². The molecule has 2 amide bonds. The van der Waals surface area contributed by atoms with Crippen LogP contribution in [0, 0.1) is 17.8 Å². The lowest BCUT2D eigenvalue weighted by molar-refractivity contribution is -0.142. The maximum absolute atomic E-state index is 12.9. The molecule has 1 aliphatic carbocycles. The number of carboxylic acid groups (broad SMARTS) is 1. The van der Waals surface area contributed by atoms with Crippen molar-refractivity contribution in [2.24, 2.45) is 17.8 Å². The number of carbonyl (C=O) groups is 3. The molecule has 0 radical (unpaired) electrons. The third-order valence-corrected chi connectivity index (χ3v) is 6.74. The number of ether oxygens (including phenoxy) is 1. The molecule has 0 heterocycles. The molecule has 2 aromatic carbocycles. The standard InChI is InChI=1S/C28H36N2O5/c1-5-18(4)25(26(31)29-15-19(27(32)33)14-17(2)3)30-28(34)35-16-24-22-12-8-6-10-20(22)21-11-7-9-13-23(21)24/h6-13,17-19,24-25H,5,14-16H2,1-4H3,(H,29,31)(H,30,34)(H,32,33)/t18-,19?,25-/m0/s1. The normalized spacial score (nSPS) is 15.0. The molecule has 3 rings (SSSR count). The van der Waals surface area contributed by atoms with E-state index in [2.05, 4.69) is 22.8 Å². The van der Waals surface area contributed by atoms with Crippen LogP contribution in [-0.2, 0) is 14.3 Å². The third-order valence-electron chi connectivity index (χ3n) is 6.74. The van der Waals surface area contributed by atoms with Gasteiger partial charge in [-0.15, -0.1) is 0 Å². The van der Waals surface area contributed by atoms with E-state index in [1.807, 2.05) is 64.1 Å². The Bertz CT molecular complexity index is 1010. The first-order chi connectivity index (χ1) is 16.7. The minimum atomic E-state index is -0.941. The van der Waals surface area contributed by atoms with E-state index in [0.717, 1.165) is 22.3 Å². The molecule has 188 valence electrons. The molecule has 35 heavy (non-hydrogen) atoms. The Labute approximate surface area is 207 Å². The summed E-state index contributed by atoms with van der Waals surface area (Å²) in [7, 11) is 0. The summed E-state index contributed by atoms with van der Waals surface area (Å²) in [6.07, 6.45) is 0.462. The number of carbonyl (C=O) groups excluding carboxylic acids is 2. The molecule has 7 nitrogen and oxygen atoms in total. The Morgan fingerprint density at radius 1 is 0.971 bits per heavy atom. The van der Waals surface area contributed by atoms with Gasteiger partial charge in [-0.25, -0.2) is 4.79 Å². The van der Waals surface area contributed by atoms with Crippen molar-refractivity contribution in [2.45, 2.75) is 52.5 Å². The lowest BCUT2D eigenvalue weighted by Gasteiger charge is -2.25. The van der Waals surface area contributed by atoms with E-state index in [4.69, 9.17) is 4.74 Å². The van der Waals surface area contributed by atoms with Gasteiger partial charge >= 0.3 is 12.1 Å². The number of nitrogens with one attached hydrogen (secondary N) is 2. The van der Waals surface area contributed by atoms with Crippen molar-refractivity contribution in [1.29, 1.82) is 0 Å². The van der Waals surface area contributed by atoms with Crippen LogP contribution >= 0.6 is 0 Å². The van der Waals surface area contributed by atoms with Gasteiger partial charge in [0.2, 0.25) is 5.91 Å². The van der Waals surface area contributed by atoms with Crippen molar-refractivity contribution >= 4 is 18.0 Å². The summed E-state index contributed by atoms with van der Waals surface area (Å²) < 4.78 is 5.61. The van der Waals surface area contributed by atoms with E-state index in [0.29, 0.717) is 12.8 Å². The number of fused-ring (bicyclic) bond motifs is 3. The molecule has 1 aliphatic rings. The monoisotopic (exact) mass is 480 g/mol. The fourth-order valence-electron chi connectivity index (χ4n) is 4.64. The summed E-state index contributed by atoms with van der Waals surface area (Å²) in [6, 6.07) is 15.4. The highest BCUT2D eigenvalue weighted by atomic mass is 16.5. The Morgan fingerprint density at radius 3 is 2.06 bits per heavy atom. The fourth-order valence-corrected chi connectivity index (χ4v) is 4.64. The maximum atomic E-state index is 12.9. The van der Waals surface area contributed by atoms with Crippen molar-refractivity contribution in [3.63, 3.8) is 0 Å². The zero-order valence-corrected chi connectivity index (χ0v) is 20.9. The highest BCUT2D eigenvalue weighted by molar-refractivity contribution is 5.86. The predicted molar refractivity (Wildman–Crippen MR) is 135 cm³/mol. The van der Waals surface area contributed by atoms with Crippen LogP contribution in [0.3, 0.4) is 0 Å². The van der Waals surface area contributed by atoms with Crippen LogP contribution < -0.4 is 10.6 Å². The summed E-state index contributed by atoms with van der Waals surface area (Å²) in [4.78, 5) is 37.2. The molecule has 0 aliphatic heterocycles. The molecule has 3 N–H and O–H groups in total. The zero-order chi connectivity index (χ0) is 25.5. The van der Waals surface area contributed by atoms with Crippen LogP contribution in [0.5, 0.6) is 0 Å². The molecular formula is C28H36N2O5. The van der Waals surface area contributed by atoms with Gasteiger partial charge in [-0.2, -0.15) is 0 Å². The van der Waals surface area contributed by atoms with Crippen LogP contribution in [0.25, 0.3) is 11.1 Å². The summed E-state index contributed by atoms with van der Waals surface area (Å²) >= 11 is 0. The quantitative estimate of drug-likeness (QED) is 0.428. The minimum absolute atomic E-state index is 0.0195. The zero-order valence-electron chi connectivity index (χ0n) is 20.9. The summed E-state index contributed by atoms with van der Waals surface area (Å²) in [5.74, 6) is -2.05. The molecule has 1 unspecified atom stereocenters. The number of amides is 2. The SMILES string of the molecule is CC[C@H](C)[C@H](NC(=O)OCC1c2ccccc2-c2ccccc21)C(=O)NCC(CC(C)C)C(=O)O. The van der Waals surface area contributed by atoms with Crippen LogP contribution in [0.1, 0.15) is 57.6 Å². The van der Waals surface area contributed by atoms with Crippen molar-refractivity contribution < 1.29 is 24.2 Å². The van der Waals surface area contributed by atoms with Crippen molar-refractivity contribution in [1.82, 2.24) is 10.6 Å². The summed E-state index contributed by atoms with van der Waals surface area (Å²) in [5.41, 5.74) is 4.51. The van der Waals surface area contributed by atoms with E-state index in [1.54, 1.807) is 0 Å². The highest BCUT2D eigenvalue weighted by Crippen LogP contribution is 2.44. The number of hydrogen-bond donors (Lipinski definition) is 3. The lowest BCUT2D eigenvalue weighted by atomic mass is 9.96. The highest BCUT2D eigenvalue weighted by Gasteiger charge is 2.31. The first-order valence-electron chi connectivity index (χ1n) is 12.3. The Balaban J connectivity index is 1.63. The van der Waals surface area contributed by atoms with Gasteiger partial charge in [-0.05, 0) is 40.5 Å². The molecule has 3 atom stereocenters. The molecular weight excluding hydrogens is 444 g/mol. The molecule has 0 spiro atoms. The molecule has 0 aromatic heterocycles. The van der Waals surface area contributed by atoms with Gasteiger partial charge < -0.3 is 20.5 Å². The van der Waals surface area contributed by atoms with Gasteiger partial charge in [0.05, 0.1) is 5.92 Å². The van der Waals surface area contributed by atoms with E-state index in [-0.39, 0.29) is 30.9 Å². The van der Waals surface area contributed by atoms with Gasteiger partial charge in [0, 0.05) is 12.5 Å². The largest absolute Gasteiger partial charge is 0.481 e. The molecule has 0 fully saturated rings. The fraction of sp³-hybridized carbons (Fsp3) is 0.464. The van der Waals surface area contributed by atoms with Gasteiger partial charge in [0.15, 0.2) is 0 Å². The molecule has 7 heteroatoms. The third kappa shape index (κ3) is 6.41. The number of carboxylic acids is 1. The van der Waals surface area contributed by atoms with Crippen molar-refractivity contribution in [3.8, 4) is 11.1 Å². The van der Waals surface area contributed by atoms with E-state index in [9.17, 15) is 19.5 Å². The second-order valence-electron chi connectivity index (χ2n) is 9.74. The Hall–Kier alpha value is -3.35. The molecule has 0 bridgehead atoms. The first-order valence-corrected chi connectivity index (χ1v) is 12.3. The van der Waals surface area contributed by atoms with Crippen molar-refractivity contribution in [2.75, 3.05) is 13.2 Å². The minimum Gasteiger partial charge on any atom is -0.481 e. The summed E-state index contributed by atoms with van der Waals surface area (Å²) in [6.45, 7) is 7.87. The molecule has 0 saturated carbocycles. The van der Waals surface area contributed by atoms with Crippen molar-refractivity contribution in [3.05, 3.63) is 59.7 Å². The average molecular weight is 481 g/mol. The topological polar surface area (TPSA) is 105 Å². The number of aliphatic carboxylic acids is 1. The summed E-state index contributed by atoms with van der Waals surface area (Å²) in [5, 5.41) is 14.9. The van der Waals surface area contributed by atoms with E-state index < -0.39 is 29.9 Å². The molecule has 2 aromatic rings. The van der Waals surface area contributed by atoms with E-state index in [1.165, 1.54) is 0 Å². The van der Waals surface area contributed by atoms with Gasteiger partial charge in [0.25, 0.3) is 0 Å². The number of rotatable bonds is 11.